The monoisotopic (exact) mass is 593 g/mol. The fraction of sp³-hybridized carbons (Fsp3) is 0.250. The highest BCUT2D eigenvalue weighted by Gasteiger charge is 2.64. The van der Waals surface area contributed by atoms with Crippen molar-refractivity contribution in [3.05, 3.63) is 139 Å². The van der Waals surface area contributed by atoms with Crippen LogP contribution in [-0.4, -0.2) is 4.57 Å². The summed E-state index contributed by atoms with van der Waals surface area (Å²) < 4.78 is 2.45. The number of para-hydroxylation sites is 2. The Morgan fingerprint density at radius 1 is 0.535 bits per heavy atom. The van der Waals surface area contributed by atoms with Gasteiger partial charge in [-0.05, 0) is 102 Å². The van der Waals surface area contributed by atoms with Gasteiger partial charge in [0.05, 0.1) is 11.0 Å². The molecule has 0 atom stereocenters. The van der Waals surface area contributed by atoms with E-state index in [9.17, 15) is 0 Å². The van der Waals surface area contributed by atoms with E-state index in [0.717, 1.165) is 11.8 Å². The molecule has 1 nitrogen and oxygen atoms in total. The summed E-state index contributed by atoms with van der Waals surface area (Å²) in [7, 11) is 0. The van der Waals surface area contributed by atoms with Crippen molar-refractivity contribution in [1.82, 2.24) is 4.57 Å². The van der Waals surface area contributed by atoms with Gasteiger partial charge in [-0.15, -0.1) is 0 Å². The Balaban J connectivity index is 1.38. The van der Waals surface area contributed by atoms with Crippen LogP contribution in [0.3, 0.4) is 0 Å². The predicted molar refractivity (Wildman–Crippen MR) is 186 cm³/mol. The van der Waals surface area contributed by atoms with Gasteiger partial charge in [0, 0.05) is 27.7 Å². The second-order valence-electron chi connectivity index (χ2n) is 13.3. The molecular weight excluding hydrogens is 557 g/mol. The molecule has 0 spiro atoms. The lowest BCUT2D eigenvalue weighted by atomic mass is 9.50. The molecule has 1 aromatic heterocycles. The Morgan fingerprint density at radius 2 is 1.05 bits per heavy atom. The Labute approximate surface area is 259 Å². The van der Waals surface area contributed by atoms with Crippen molar-refractivity contribution in [3.8, 4) is 5.69 Å². The molecule has 1 heterocycles. The molecule has 3 heteroatoms. The highest BCUT2D eigenvalue weighted by molar-refractivity contribution is 8.22. The lowest BCUT2D eigenvalue weighted by Gasteiger charge is -2.65. The Bertz CT molecular complexity index is 1940. The van der Waals surface area contributed by atoms with Crippen molar-refractivity contribution < 1.29 is 0 Å². The van der Waals surface area contributed by atoms with Crippen LogP contribution in [0.1, 0.15) is 37.7 Å². The summed E-state index contributed by atoms with van der Waals surface area (Å²) in [5.74, 6) is 2.98. The van der Waals surface area contributed by atoms with Crippen LogP contribution in [0, 0.1) is 23.7 Å². The molecule has 0 amide bonds. The highest BCUT2D eigenvalue weighted by atomic mass is 32.4. The van der Waals surface area contributed by atoms with Gasteiger partial charge in [0.15, 0.2) is 0 Å². The quantitative estimate of drug-likeness (QED) is 0.180. The van der Waals surface area contributed by atoms with E-state index in [0.29, 0.717) is 11.8 Å². The molecule has 0 unspecified atom stereocenters. The smallest absolute Gasteiger partial charge is 0.0541 e. The number of rotatable bonds is 5. The van der Waals surface area contributed by atoms with E-state index in [-0.39, 0.29) is 5.16 Å². The van der Waals surface area contributed by atoms with Crippen LogP contribution in [0.15, 0.2) is 133 Å². The van der Waals surface area contributed by atoms with Crippen LogP contribution in [0.5, 0.6) is 0 Å². The maximum Gasteiger partial charge on any atom is 0.0541 e. The molecule has 10 rings (SSSR count). The largest absolute Gasteiger partial charge is 0.309 e. The molecule has 4 bridgehead atoms. The van der Waals surface area contributed by atoms with E-state index >= 15 is 0 Å². The predicted octanol–water partition coefficient (Wildman–Crippen LogP) is 9.57. The van der Waals surface area contributed by atoms with E-state index < -0.39 is 6.04 Å². The summed E-state index contributed by atoms with van der Waals surface area (Å²) >= 11 is 7.36. The number of hydrogen-bond donors (Lipinski definition) is 0. The molecule has 43 heavy (non-hydrogen) atoms. The van der Waals surface area contributed by atoms with Crippen molar-refractivity contribution in [1.29, 1.82) is 0 Å². The maximum absolute atomic E-state index is 7.36. The number of aromatic nitrogens is 1. The zero-order valence-corrected chi connectivity index (χ0v) is 26.1. The molecule has 4 aliphatic rings. The van der Waals surface area contributed by atoms with Gasteiger partial charge in [-0.25, -0.2) is 0 Å². The van der Waals surface area contributed by atoms with Crippen molar-refractivity contribution in [2.75, 3.05) is 0 Å². The molecule has 212 valence electrons. The minimum absolute atomic E-state index is 0.0530. The van der Waals surface area contributed by atoms with Crippen LogP contribution in [0.4, 0.5) is 0 Å². The van der Waals surface area contributed by atoms with Gasteiger partial charge >= 0.3 is 0 Å². The van der Waals surface area contributed by atoms with Gasteiger partial charge < -0.3 is 4.57 Å². The van der Waals surface area contributed by atoms with Crippen molar-refractivity contribution in [2.45, 2.75) is 37.3 Å². The Morgan fingerprint density at radius 3 is 1.65 bits per heavy atom. The average Bonchev–Trinajstić information content (AvgIpc) is 3.39. The Kier molecular flexibility index (Phi) is 5.91. The van der Waals surface area contributed by atoms with Crippen molar-refractivity contribution in [2.24, 2.45) is 23.7 Å². The molecule has 4 aliphatic carbocycles. The first-order chi connectivity index (χ1) is 21.2. The van der Waals surface area contributed by atoms with Crippen molar-refractivity contribution >= 4 is 50.3 Å². The van der Waals surface area contributed by atoms with Crippen LogP contribution >= 0.6 is 6.04 Å². The number of benzene rings is 5. The molecule has 4 saturated carbocycles. The third kappa shape index (κ3) is 3.60. The number of nitrogens with zero attached hydrogens (tertiary/aromatic N) is 1. The SMILES string of the molecule is S=P(c1ccccc1)(c1ccccc1)C1(c2ccc3c(c2)c2ccccc2n3-c2ccccc2)C2CC3CC(C2)CC1C3. The molecule has 0 aliphatic heterocycles. The third-order valence-corrected chi connectivity index (χ3v) is 17.5. The lowest BCUT2D eigenvalue weighted by molar-refractivity contribution is -0.0208. The zero-order chi connectivity index (χ0) is 28.6. The molecule has 0 saturated heterocycles. The number of fused-ring (bicyclic) bond motifs is 3. The van der Waals surface area contributed by atoms with Crippen molar-refractivity contribution in [3.63, 3.8) is 0 Å². The maximum atomic E-state index is 7.36. The summed E-state index contributed by atoms with van der Waals surface area (Å²) in [5, 5.41) is 5.40. The first-order valence-electron chi connectivity index (χ1n) is 16.0. The average molecular weight is 594 g/mol. The van der Waals surface area contributed by atoms with Gasteiger partial charge in [0.2, 0.25) is 0 Å². The molecule has 0 radical (unpaired) electrons. The lowest BCUT2D eigenvalue weighted by Crippen LogP contribution is -2.57. The zero-order valence-electron chi connectivity index (χ0n) is 24.3. The fourth-order valence-electron chi connectivity index (χ4n) is 10.00. The molecule has 5 aromatic carbocycles. The van der Waals surface area contributed by atoms with Gasteiger partial charge in [-0.3, -0.25) is 0 Å². The first-order valence-corrected chi connectivity index (χ1v) is 18.8. The van der Waals surface area contributed by atoms with Crippen LogP contribution in [0.2, 0.25) is 0 Å². The molecular formula is C40H36NPS. The van der Waals surface area contributed by atoms with E-state index in [1.54, 1.807) is 0 Å². The summed E-state index contributed by atoms with van der Waals surface area (Å²) in [4.78, 5) is 0. The topological polar surface area (TPSA) is 4.93 Å². The van der Waals surface area contributed by atoms with Gasteiger partial charge in [-0.1, -0.05) is 115 Å². The summed E-state index contributed by atoms with van der Waals surface area (Å²) in [6.07, 6.45) is 6.75. The molecule has 4 fully saturated rings. The Hall–Kier alpha value is -3.45. The van der Waals surface area contributed by atoms with Crippen LogP contribution in [0.25, 0.3) is 27.5 Å². The second kappa shape index (κ2) is 9.78. The summed E-state index contributed by atoms with van der Waals surface area (Å²) in [6, 6.07) is 47.7. The number of hydrogen-bond acceptors (Lipinski definition) is 1. The van der Waals surface area contributed by atoms with Crippen LogP contribution in [-0.2, 0) is 17.0 Å². The summed E-state index contributed by atoms with van der Waals surface area (Å²) in [6.45, 7) is 0. The van der Waals surface area contributed by atoms with E-state index in [2.05, 4.69) is 138 Å². The molecule has 6 aromatic rings. The minimum Gasteiger partial charge on any atom is -0.309 e. The second-order valence-corrected chi connectivity index (χ2v) is 18.0. The van der Waals surface area contributed by atoms with Gasteiger partial charge in [-0.2, -0.15) is 0 Å². The minimum atomic E-state index is -2.30. The van der Waals surface area contributed by atoms with Gasteiger partial charge in [0.1, 0.15) is 0 Å². The van der Waals surface area contributed by atoms with Gasteiger partial charge in [0.25, 0.3) is 0 Å². The normalized spacial score (nSPS) is 26.3. The van der Waals surface area contributed by atoms with E-state index in [1.165, 1.54) is 75.8 Å². The highest BCUT2D eigenvalue weighted by Crippen LogP contribution is 2.77. The fourth-order valence-corrected chi connectivity index (χ4v) is 16.2. The first kappa shape index (κ1) is 26.0. The summed E-state index contributed by atoms with van der Waals surface area (Å²) in [5.41, 5.74) is 5.26. The standard InChI is InChI=1S/C40H36NPS/c43-42(34-14-6-2-7-15-34,35-16-8-3-9-17-35)40(31-23-28-22-29(25-31)26-32(40)24-28)30-20-21-39-37(27-30)36-18-10-11-19-38(36)41(39)33-12-4-1-5-13-33/h1-21,27-29,31-32H,22-26H2. The van der Waals surface area contributed by atoms with Crippen LogP contribution < -0.4 is 10.6 Å². The molecule has 0 N–H and O–H groups in total. The van der Waals surface area contributed by atoms with E-state index in [1.807, 2.05) is 0 Å². The van der Waals surface area contributed by atoms with E-state index in [4.69, 9.17) is 11.8 Å². The third-order valence-electron chi connectivity index (χ3n) is 11.3.